The molecule has 498 valence electrons. The van der Waals surface area contributed by atoms with Gasteiger partial charge in [-0.1, -0.05) is 182 Å². The molecule has 0 spiro atoms. The summed E-state index contributed by atoms with van der Waals surface area (Å²) < 4.78 is 82.5. The molecule has 17 rings (SSSR count). The van der Waals surface area contributed by atoms with Crippen LogP contribution in [-0.4, -0.2) is 0 Å². The summed E-state index contributed by atoms with van der Waals surface area (Å²) in [6.45, 7) is 16.3. The highest BCUT2D eigenvalue weighted by atomic mass is 19.2. The Labute approximate surface area is 595 Å². The molecule has 14 aromatic carbocycles. The molecule has 9 heteroatoms. The normalized spacial score (nSPS) is 14.8. The second kappa shape index (κ2) is 25.2. The van der Waals surface area contributed by atoms with Crippen LogP contribution in [0.5, 0.6) is 23.0 Å². The number of benzene rings is 14. The van der Waals surface area contributed by atoms with E-state index in [0.29, 0.717) is 79.1 Å². The van der Waals surface area contributed by atoms with Gasteiger partial charge in [0.15, 0.2) is 23.3 Å². The van der Waals surface area contributed by atoms with Gasteiger partial charge >= 0.3 is 0 Å². The number of anilines is 6. The highest BCUT2D eigenvalue weighted by Crippen LogP contribution is 2.61. The van der Waals surface area contributed by atoms with Crippen LogP contribution >= 0.6 is 0 Å². The first kappa shape index (κ1) is 63.7. The van der Waals surface area contributed by atoms with Gasteiger partial charge in [0.05, 0.1) is 10.8 Å². The predicted octanol–water partition coefficient (Wildman–Crippen LogP) is 25.9. The van der Waals surface area contributed by atoms with E-state index in [2.05, 4.69) is 174 Å². The highest BCUT2D eigenvalue weighted by molar-refractivity contribution is 6.08. The summed E-state index contributed by atoms with van der Waals surface area (Å²) >= 11 is 0. The van der Waals surface area contributed by atoms with E-state index in [1.165, 1.54) is 12.1 Å². The van der Waals surface area contributed by atoms with E-state index in [4.69, 9.17) is 13.9 Å². The van der Waals surface area contributed by atoms with Crippen molar-refractivity contribution in [1.29, 1.82) is 0 Å². The maximum Gasteiger partial charge on any atom is 0.160 e. The topological polar surface area (TPSA) is 38.1 Å². The lowest BCUT2D eigenvalue weighted by molar-refractivity contribution is 0.482. The third kappa shape index (κ3) is 10.6. The van der Waals surface area contributed by atoms with Crippen molar-refractivity contribution in [1.82, 2.24) is 0 Å². The predicted molar refractivity (Wildman–Crippen MR) is 410 cm³/mol. The minimum absolute atomic E-state index is 0.376. The number of fused-ring (bicyclic) bond motifs is 9. The van der Waals surface area contributed by atoms with Crippen LogP contribution in [0.1, 0.15) is 77.9 Å². The fraction of sp³-hybridized carbons (Fsp3) is 0.0638. The summed E-state index contributed by atoms with van der Waals surface area (Å²) in [5.74, 6) is -1.24. The number of halogens is 4. The van der Waals surface area contributed by atoms with E-state index in [1.54, 1.807) is 24.3 Å². The smallest absolute Gasteiger partial charge is 0.160 e. The first-order valence-electron chi connectivity index (χ1n) is 34.3. The summed E-state index contributed by atoms with van der Waals surface area (Å²) in [5, 5.41) is 1.42. The van der Waals surface area contributed by atoms with Crippen LogP contribution in [0, 0.1) is 51.0 Å². The van der Waals surface area contributed by atoms with E-state index in [9.17, 15) is 0 Å². The molecule has 2 aliphatic rings. The van der Waals surface area contributed by atoms with Gasteiger partial charge in [0, 0.05) is 57.0 Å². The van der Waals surface area contributed by atoms with Gasteiger partial charge in [-0.2, -0.15) is 0 Å². The van der Waals surface area contributed by atoms with E-state index >= 15 is 17.6 Å². The number of rotatable bonds is 16. The van der Waals surface area contributed by atoms with Crippen LogP contribution in [-0.2, 0) is 10.8 Å². The molecule has 0 N–H and O–H groups in total. The van der Waals surface area contributed by atoms with Gasteiger partial charge in [-0.15, -0.1) is 0 Å². The second-order valence-corrected chi connectivity index (χ2v) is 26.8. The first-order chi connectivity index (χ1) is 50.2. The Kier molecular flexibility index (Phi) is 15.6. The van der Waals surface area contributed by atoms with Crippen molar-refractivity contribution in [3.63, 3.8) is 0 Å². The Morgan fingerprint density at radius 3 is 1.04 bits per heavy atom. The molecular weight excluding hydrogens is 1280 g/mol. The molecule has 0 saturated carbocycles. The summed E-state index contributed by atoms with van der Waals surface area (Å²) in [7, 11) is 0. The standard InChI is InChI=1S/C94H66F4N2O3/c1-7-61-21-35-71(36-22-61)101-73-39-25-63(26-40-73)93(83-49-57(3)17-19-59(83)5)81-15-11-9-13-75(81)77-43-29-67(53-85(77)93)99(69-31-45-87(95)89(97)55-69)65-33-47-91-79(51-65)80-52-66(34-48-92(80)103-91)100(70-32-46-88(96)90(98)56-70)68-30-44-78-76-14-10-12-16-82(76)94(86(78)54-68,84-50-58(4)18-20-60(84)6)64-27-41-74(42-28-64)102-72-37-23-62(8-2)24-38-72/h7-56H,1-2H2,3-6H3. The van der Waals surface area contributed by atoms with Gasteiger partial charge in [0.25, 0.3) is 0 Å². The molecule has 2 atom stereocenters. The molecule has 15 aromatic rings. The third-order valence-electron chi connectivity index (χ3n) is 20.7. The molecule has 0 amide bonds. The lowest BCUT2D eigenvalue weighted by Gasteiger charge is -2.36. The van der Waals surface area contributed by atoms with Gasteiger partial charge in [-0.3, -0.25) is 0 Å². The van der Waals surface area contributed by atoms with Crippen molar-refractivity contribution in [2.24, 2.45) is 0 Å². The van der Waals surface area contributed by atoms with Gasteiger partial charge < -0.3 is 23.7 Å². The summed E-state index contributed by atoms with van der Waals surface area (Å²) in [6.07, 6.45) is 3.60. The van der Waals surface area contributed by atoms with E-state index in [-0.39, 0.29) is 0 Å². The molecule has 2 unspecified atom stereocenters. The SMILES string of the molecule is C=Cc1ccc(Oc2ccc(C3(c4cc(C)ccc4C)c4ccccc4-c4ccc(N(c5ccc(F)c(F)c5)c5ccc6oc7ccc(N(c8ccc(F)c(F)c8)c8ccc9c(c8)C(c8ccc(Oc%10ccc(C=C)cc%10)cc8)(c8cc(C)ccc8C)c8ccccc8-9)cc7c6c5)cc43)cc2)cc1. The Bertz CT molecular complexity index is 5560. The zero-order valence-corrected chi connectivity index (χ0v) is 56.9. The summed E-state index contributed by atoms with van der Waals surface area (Å²) in [5.41, 5.74) is 21.7. The highest BCUT2D eigenvalue weighted by Gasteiger charge is 2.49. The van der Waals surface area contributed by atoms with Crippen molar-refractivity contribution >= 4 is 68.2 Å². The van der Waals surface area contributed by atoms with Crippen LogP contribution in [0.2, 0.25) is 0 Å². The minimum atomic E-state index is -1.01. The molecular formula is C94H66F4N2O3. The lowest BCUT2D eigenvalue weighted by atomic mass is 9.66. The van der Waals surface area contributed by atoms with Crippen molar-refractivity contribution in [3.8, 4) is 45.3 Å². The van der Waals surface area contributed by atoms with E-state index in [1.807, 2.05) is 131 Å². The number of hydrogen-bond donors (Lipinski definition) is 0. The zero-order chi connectivity index (χ0) is 70.4. The lowest BCUT2D eigenvalue weighted by Crippen LogP contribution is -2.30. The van der Waals surface area contributed by atoms with Crippen molar-refractivity contribution in [3.05, 3.63) is 406 Å². The largest absolute Gasteiger partial charge is 0.457 e. The first-order valence-corrected chi connectivity index (χ1v) is 34.3. The molecule has 0 saturated heterocycles. The molecule has 1 heterocycles. The molecule has 0 aliphatic heterocycles. The molecule has 5 nitrogen and oxygen atoms in total. The van der Waals surface area contributed by atoms with Crippen LogP contribution in [0.3, 0.4) is 0 Å². The fourth-order valence-electron chi connectivity index (χ4n) is 15.9. The number of aryl methyl sites for hydroxylation is 4. The monoisotopic (exact) mass is 1350 g/mol. The Morgan fingerprint density at radius 2 is 0.650 bits per heavy atom. The summed E-state index contributed by atoms with van der Waals surface area (Å²) in [6, 6.07) is 94.9. The van der Waals surface area contributed by atoms with Crippen LogP contribution in [0.4, 0.5) is 51.7 Å². The van der Waals surface area contributed by atoms with Gasteiger partial charge in [0.1, 0.15) is 34.2 Å². The molecule has 2 aliphatic carbocycles. The second-order valence-electron chi connectivity index (χ2n) is 26.8. The third-order valence-corrected chi connectivity index (χ3v) is 20.7. The Hall–Kier alpha value is -12.7. The van der Waals surface area contributed by atoms with E-state index in [0.717, 1.165) is 112 Å². The molecule has 1 aromatic heterocycles. The van der Waals surface area contributed by atoms with Crippen molar-refractivity contribution in [2.45, 2.75) is 38.5 Å². The molecule has 0 fully saturated rings. The maximum absolute atomic E-state index is 16.1. The average Bonchev–Trinajstić information content (AvgIpc) is 1.56. The van der Waals surface area contributed by atoms with Crippen molar-refractivity contribution in [2.75, 3.05) is 9.80 Å². The van der Waals surface area contributed by atoms with Crippen molar-refractivity contribution < 1.29 is 31.5 Å². The summed E-state index contributed by atoms with van der Waals surface area (Å²) in [4.78, 5) is 3.91. The van der Waals surface area contributed by atoms with Crippen LogP contribution in [0.25, 0.3) is 56.3 Å². The Morgan fingerprint density at radius 1 is 0.311 bits per heavy atom. The fourth-order valence-corrected chi connectivity index (χ4v) is 15.9. The molecule has 0 radical (unpaired) electrons. The number of nitrogens with zero attached hydrogens (tertiary/aromatic N) is 2. The minimum Gasteiger partial charge on any atom is -0.457 e. The molecule has 103 heavy (non-hydrogen) atoms. The van der Waals surface area contributed by atoms with E-state index < -0.39 is 34.1 Å². The maximum atomic E-state index is 16.1. The van der Waals surface area contributed by atoms with Crippen LogP contribution < -0.4 is 19.3 Å². The Balaban J connectivity index is 0.827. The number of furan rings is 1. The van der Waals surface area contributed by atoms with Gasteiger partial charge in [0.2, 0.25) is 0 Å². The van der Waals surface area contributed by atoms with Gasteiger partial charge in [-0.05, 0) is 250 Å². The quantitative estimate of drug-likeness (QED) is 0.0902. The number of ether oxygens (including phenoxy) is 2. The van der Waals surface area contributed by atoms with Crippen LogP contribution in [0.15, 0.2) is 309 Å². The number of hydrogen-bond acceptors (Lipinski definition) is 5. The van der Waals surface area contributed by atoms with Gasteiger partial charge in [-0.25, -0.2) is 17.6 Å². The zero-order valence-electron chi connectivity index (χ0n) is 56.9. The molecule has 0 bridgehead atoms. The average molecular weight is 1350 g/mol.